The molecule has 71 valence electrons. The number of nitriles is 1. The predicted molar refractivity (Wildman–Crippen MR) is 55.7 cm³/mol. The Morgan fingerprint density at radius 3 is 2.92 bits per heavy atom. The number of hydrogen-bond acceptors (Lipinski definition) is 2. The van der Waals surface area contributed by atoms with Gasteiger partial charge in [-0.2, -0.15) is 0 Å². The molecular weight excluding hydrogens is 159 g/mol. The summed E-state index contributed by atoms with van der Waals surface area (Å²) in [4.78, 5) is 2.41. The summed E-state index contributed by atoms with van der Waals surface area (Å²) in [6.07, 6.45) is 4.94. The van der Waals surface area contributed by atoms with Crippen molar-refractivity contribution >= 4 is 7.28 Å². The van der Waals surface area contributed by atoms with Crippen molar-refractivity contribution in [2.75, 3.05) is 13.6 Å². The van der Waals surface area contributed by atoms with Crippen LogP contribution in [0.15, 0.2) is 0 Å². The zero-order valence-corrected chi connectivity index (χ0v) is 8.66. The molecule has 0 spiro atoms. The minimum absolute atomic E-state index is 0.515. The molecule has 13 heavy (non-hydrogen) atoms. The van der Waals surface area contributed by atoms with Gasteiger partial charge in [0.2, 0.25) is 0 Å². The Morgan fingerprint density at radius 2 is 2.31 bits per heavy atom. The molecule has 1 rings (SSSR count). The topological polar surface area (TPSA) is 27.0 Å². The van der Waals surface area contributed by atoms with Crippen LogP contribution in [0.5, 0.6) is 0 Å². The average molecular weight is 177 g/mol. The highest BCUT2D eigenvalue weighted by Gasteiger charge is 2.30. The van der Waals surface area contributed by atoms with Crippen LogP contribution in [0.2, 0.25) is 5.82 Å². The number of nitrogens with zero attached hydrogens (tertiary/aromatic N) is 2. The molecule has 1 saturated carbocycles. The van der Waals surface area contributed by atoms with Crippen molar-refractivity contribution in [1.82, 2.24) is 4.90 Å². The zero-order valence-electron chi connectivity index (χ0n) is 8.66. The van der Waals surface area contributed by atoms with Crippen LogP contribution < -0.4 is 0 Å². The Morgan fingerprint density at radius 1 is 1.54 bits per heavy atom. The lowest BCUT2D eigenvalue weighted by Gasteiger charge is -2.27. The largest absolute Gasteiger partial charge is 0.304 e. The van der Waals surface area contributed by atoms with Gasteiger partial charge >= 0.3 is 0 Å². The Labute approximate surface area is 82.2 Å². The van der Waals surface area contributed by atoms with Crippen LogP contribution in [0.1, 0.15) is 32.6 Å². The van der Waals surface area contributed by atoms with Gasteiger partial charge in [0.1, 0.15) is 0 Å². The van der Waals surface area contributed by atoms with E-state index in [1.54, 1.807) is 0 Å². The first kappa shape index (κ1) is 10.6. The van der Waals surface area contributed by atoms with E-state index < -0.39 is 0 Å². The Kier molecular flexibility index (Phi) is 4.31. The molecule has 0 amide bonds. The van der Waals surface area contributed by atoms with E-state index in [1.807, 2.05) is 7.28 Å². The van der Waals surface area contributed by atoms with Crippen molar-refractivity contribution in [3.8, 4) is 5.97 Å². The van der Waals surface area contributed by atoms with Gasteiger partial charge in [0, 0.05) is 6.04 Å². The highest BCUT2D eigenvalue weighted by Crippen LogP contribution is 2.33. The zero-order chi connectivity index (χ0) is 9.68. The molecule has 2 nitrogen and oxygen atoms in total. The fourth-order valence-corrected chi connectivity index (χ4v) is 2.33. The lowest BCUT2D eigenvalue weighted by Crippen LogP contribution is -2.34. The first-order chi connectivity index (χ1) is 6.29. The molecule has 2 atom stereocenters. The molecule has 0 aromatic carbocycles. The maximum atomic E-state index is 8.63. The molecule has 0 aromatic heterocycles. The van der Waals surface area contributed by atoms with Crippen LogP contribution in [0, 0.1) is 11.2 Å². The third-order valence-electron chi connectivity index (χ3n) is 2.96. The second-order valence-electron chi connectivity index (χ2n) is 3.94. The third kappa shape index (κ3) is 2.74. The molecule has 3 heteroatoms. The molecule has 0 bridgehead atoms. The second kappa shape index (κ2) is 5.29. The summed E-state index contributed by atoms with van der Waals surface area (Å²) in [5.74, 6) is 2.70. The lowest BCUT2D eigenvalue weighted by atomic mass is 9.63. The van der Waals surface area contributed by atoms with Crippen LogP contribution in [0.25, 0.3) is 0 Å². The molecular formula is C10H18BN2. The molecule has 0 aromatic rings. The van der Waals surface area contributed by atoms with E-state index in [0.29, 0.717) is 11.9 Å². The van der Waals surface area contributed by atoms with Gasteiger partial charge < -0.3 is 4.90 Å². The van der Waals surface area contributed by atoms with Crippen LogP contribution in [-0.4, -0.2) is 31.8 Å². The van der Waals surface area contributed by atoms with E-state index in [9.17, 15) is 0 Å². The van der Waals surface area contributed by atoms with Crippen molar-refractivity contribution in [3.05, 3.63) is 0 Å². The van der Waals surface area contributed by atoms with Gasteiger partial charge in [0.15, 0.2) is 0 Å². The van der Waals surface area contributed by atoms with Gasteiger partial charge in [-0.05, 0) is 38.2 Å². The summed E-state index contributed by atoms with van der Waals surface area (Å²) in [5, 5.41) is 8.63. The van der Waals surface area contributed by atoms with Crippen molar-refractivity contribution in [1.29, 1.82) is 5.26 Å². The normalized spacial score (nSPS) is 27.5. The molecule has 1 fully saturated rings. The van der Waals surface area contributed by atoms with E-state index in [4.69, 9.17) is 5.26 Å². The van der Waals surface area contributed by atoms with Gasteiger partial charge in [0.25, 0.3) is 7.28 Å². The Balaban J connectivity index is 2.43. The first-order valence-corrected chi connectivity index (χ1v) is 5.22. The monoisotopic (exact) mass is 177 g/mol. The van der Waals surface area contributed by atoms with Crippen LogP contribution in [0.4, 0.5) is 0 Å². The van der Waals surface area contributed by atoms with E-state index in [0.717, 1.165) is 6.54 Å². The van der Waals surface area contributed by atoms with Gasteiger partial charge in [-0.15, -0.1) is 0 Å². The minimum atomic E-state index is 0.515. The molecule has 0 aliphatic heterocycles. The smallest absolute Gasteiger partial charge is 0.259 e. The Bertz CT molecular complexity index is 188. The van der Waals surface area contributed by atoms with E-state index >= 15 is 0 Å². The van der Waals surface area contributed by atoms with Crippen molar-refractivity contribution < 1.29 is 0 Å². The molecule has 0 saturated heterocycles. The molecule has 0 N–H and O–H groups in total. The molecule has 1 unspecified atom stereocenters. The number of rotatable bonds is 4. The predicted octanol–water partition coefficient (Wildman–Crippen LogP) is 1.85. The van der Waals surface area contributed by atoms with Crippen molar-refractivity contribution in [3.63, 3.8) is 0 Å². The second-order valence-corrected chi connectivity index (χ2v) is 3.94. The van der Waals surface area contributed by atoms with Crippen molar-refractivity contribution in [2.24, 2.45) is 0 Å². The summed E-state index contributed by atoms with van der Waals surface area (Å²) in [6, 6.07) is 0.625. The van der Waals surface area contributed by atoms with Crippen LogP contribution in [0.3, 0.4) is 0 Å². The molecule has 1 radical (unpaired) electrons. The maximum absolute atomic E-state index is 8.63. The van der Waals surface area contributed by atoms with Gasteiger partial charge in [-0.1, -0.05) is 19.8 Å². The maximum Gasteiger partial charge on any atom is 0.259 e. The summed E-state index contributed by atoms with van der Waals surface area (Å²) in [5.41, 5.74) is 0. The molecule has 1 aliphatic carbocycles. The first-order valence-electron chi connectivity index (χ1n) is 5.22. The third-order valence-corrected chi connectivity index (χ3v) is 2.96. The highest BCUT2D eigenvalue weighted by molar-refractivity contribution is 6.47. The summed E-state index contributed by atoms with van der Waals surface area (Å²) in [6.45, 7) is 3.36. The summed E-state index contributed by atoms with van der Waals surface area (Å²) < 4.78 is 0. The molecule has 0 heterocycles. The highest BCUT2D eigenvalue weighted by atomic mass is 15.1. The number of hydrogen-bond donors (Lipinski definition) is 0. The minimum Gasteiger partial charge on any atom is -0.304 e. The quantitative estimate of drug-likeness (QED) is 0.612. The van der Waals surface area contributed by atoms with Gasteiger partial charge in [0.05, 0.1) is 0 Å². The van der Waals surface area contributed by atoms with Crippen LogP contribution >= 0.6 is 0 Å². The lowest BCUT2D eigenvalue weighted by molar-refractivity contribution is 0.246. The van der Waals surface area contributed by atoms with E-state index in [-0.39, 0.29) is 0 Å². The SMILES string of the molecule is CCCN(C)[C@H]1CCCC1[B]C#N. The van der Waals surface area contributed by atoms with Crippen molar-refractivity contribution in [2.45, 2.75) is 44.5 Å². The fraction of sp³-hybridized carbons (Fsp3) is 0.900. The standard InChI is InChI=1S/C10H18BN2/c1-3-7-13(2)10-6-4-5-9(10)11-8-12/h9-10H,3-7H2,1-2H3/t9?,10-/m0/s1. The van der Waals surface area contributed by atoms with Gasteiger partial charge in [-0.25, -0.2) is 5.26 Å². The summed E-state index contributed by atoms with van der Waals surface area (Å²) in [7, 11) is 4.00. The van der Waals surface area contributed by atoms with E-state index in [2.05, 4.69) is 24.8 Å². The van der Waals surface area contributed by atoms with Gasteiger partial charge in [-0.3, -0.25) is 0 Å². The van der Waals surface area contributed by atoms with E-state index in [1.165, 1.54) is 25.7 Å². The van der Waals surface area contributed by atoms with Crippen LogP contribution in [-0.2, 0) is 0 Å². The molecule has 1 aliphatic rings. The Hall–Kier alpha value is -0.485. The fourth-order valence-electron chi connectivity index (χ4n) is 2.33. The summed E-state index contributed by atoms with van der Waals surface area (Å²) >= 11 is 0. The average Bonchev–Trinajstić information content (AvgIpc) is 2.54.